The smallest absolute Gasteiger partial charge is 0.0765 e. The molecule has 0 saturated carbocycles. The molecule has 0 bridgehead atoms. The fourth-order valence-electron chi connectivity index (χ4n) is 1.91. The molecule has 0 aromatic carbocycles. The lowest BCUT2D eigenvalue weighted by molar-refractivity contribution is 0.539. The predicted molar refractivity (Wildman–Crippen MR) is 63.8 cm³/mol. The van der Waals surface area contributed by atoms with Gasteiger partial charge in [0.2, 0.25) is 0 Å². The van der Waals surface area contributed by atoms with E-state index in [0.717, 1.165) is 24.4 Å². The van der Waals surface area contributed by atoms with Gasteiger partial charge in [-0.3, -0.25) is 10.1 Å². The molecule has 2 aromatic rings. The highest BCUT2D eigenvalue weighted by molar-refractivity contribution is 7.20. The zero-order chi connectivity index (χ0) is 10.3. The predicted octanol–water partition coefficient (Wildman–Crippen LogP) is 2.84. The monoisotopic (exact) mass is 219 g/mol. The van der Waals surface area contributed by atoms with Crippen LogP contribution in [0.25, 0.3) is 10.2 Å². The third-order valence-electron chi connectivity index (χ3n) is 2.88. The van der Waals surface area contributed by atoms with Crippen LogP contribution in [-0.4, -0.2) is 22.5 Å². The van der Waals surface area contributed by atoms with E-state index in [1.54, 1.807) is 11.3 Å². The lowest BCUT2D eigenvalue weighted by atomic mass is 9.99. The number of nitrogens with one attached hydrogen (secondary N) is 1. The number of hydrogen-bond acceptors (Lipinski definition) is 3. The van der Waals surface area contributed by atoms with Crippen LogP contribution in [-0.2, 0) is 0 Å². The van der Waals surface area contributed by atoms with Crippen LogP contribution in [0.4, 0.5) is 0 Å². The second-order valence-corrected chi connectivity index (χ2v) is 5.27. The van der Waals surface area contributed by atoms with Crippen LogP contribution in [0, 0.1) is 5.92 Å². The number of hydrogen-bond donors (Lipinski definition) is 1. The minimum Gasteiger partial charge on any atom is -0.288 e. The van der Waals surface area contributed by atoms with Crippen molar-refractivity contribution >= 4 is 27.3 Å². The molecule has 1 N–H and O–H groups in total. The summed E-state index contributed by atoms with van der Waals surface area (Å²) in [5.74, 6) is 0.750. The quantitative estimate of drug-likeness (QED) is 0.787. The van der Waals surface area contributed by atoms with Gasteiger partial charge in [-0.05, 0) is 24.8 Å². The van der Waals surface area contributed by atoms with Crippen molar-refractivity contribution in [1.29, 1.82) is 0 Å². The average Bonchev–Trinajstić information content (AvgIpc) is 2.78. The molecule has 1 aliphatic heterocycles. The van der Waals surface area contributed by atoms with Crippen LogP contribution in [0.1, 0.15) is 24.6 Å². The highest BCUT2D eigenvalue weighted by Crippen LogP contribution is 2.27. The molecule has 0 radical (unpaired) electrons. The van der Waals surface area contributed by atoms with E-state index in [0.29, 0.717) is 0 Å². The summed E-state index contributed by atoms with van der Waals surface area (Å²) in [5, 5.41) is 7.00. The van der Waals surface area contributed by atoms with Gasteiger partial charge in [-0.2, -0.15) is 5.10 Å². The van der Waals surface area contributed by atoms with Crippen molar-refractivity contribution in [3.05, 3.63) is 17.1 Å². The highest BCUT2D eigenvalue weighted by atomic mass is 32.1. The third kappa shape index (κ3) is 1.59. The summed E-state index contributed by atoms with van der Waals surface area (Å²) in [4.78, 5) is 5.96. The Hall–Kier alpha value is -1.16. The molecule has 3 rings (SSSR count). The number of aliphatic imine (C=N–C) groups is 1. The molecule has 15 heavy (non-hydrogen) atoms. The zero-order valence-corrected chi connectivity index (χ0v) is 9.47. The molecule has 4 heteroatoms. The summed E-state index contributed by atoms with van der Waals surface area (Å²) in [6, 6.07) is 2.17. The molecular formula is C11H13N3S. The van der Waals surface area contributed by atoms with Gasteiger partial charge in [0.15, 0.2) is 0 Å². The molecular weight excluding hydrogens is 206 g/mol. The van der Waals surface area contributed by atoms with Crippen LogP contribution in [0.5, 0.6) is 0 Å². The average molecular weight is 219 g/mol. The van der Waals surface area contributed by atoms with E-state index in [2.05, 4.69) is 28.2 Å². The summed E-state index contributed by atoms with van der Waals surface area (Å²) in [5.41, 5.74) is 2.42. The van der Waals surface area contributed by atoms with E-state index < -0.39 is 0 Å². The van der Waals surface area contributed by atoms with Crippen molar-refractivity contribution in [3.63, 3.8) is 0 Å². The molecule has 78 valence electrons. The van der Waals surface area contributed by atoms with Gasteiger partial charge in [-0.15, -0.1) is 11.3 Å². The van der Waals surface area contributed by atoms with E-state index in [4.69, 9.17) is 0 Å². The van der Waals surface area contributed by atoms with Crippen LogP contribution >= 0.6 is 11.3 Å². The van der Waals surface area contributed by atoms with Crippen molar-refractivity contribution in [3.8, 4) is 0 Å². The highest BCUT2D eigenvalue weighted by Gasteiger charge is 2.15. The first-order valence-electron chi connectivity index (χ1n) is 5.29. The normalized spacial score (nSPS) is 21.9. The Bertz CT molecular complexity index is 480. The largest absolute Gasteiger partial charge is 0.288 e. The Kier molecular flexibility index (Phi) is 2.09. The zero-order valence-electron chi connectivity index (χ0n) is 8.66. The van der Waals surface area contributed by atoms with Gasteiger partial charge in [0, 0.05) is 6.54 Å². The summed E-state index contributed by atoms with van der Waals surface area (Å²) in [7, 11) is 0. The van der Waals surface area contributed by atoms with Crippen molar-refractivity contribution in [1.82, 2.24) is 10.2 Å². The molecule has 0 saturated heterocycles. The topological polar surface area (TPSA) is 41.0 Å². The van der Waals surface area contributed by atoms with Crippen LogP contribution in [0.3, 0.4) is 0 Å². The Morgan fingerprint density at radius 3 is 3.20 bits per heavy atom. The van der Waals surface area contributed by atoms with Crippen LogP contribution < -0.4 is 0 Å². The first-order valence-corrected chi connectivity index (χ1v) is 6.11. The third-order valence-corrected chi connectivity index (χ3v) is 4.00. The molecule has 1 atom stereocenters. The van der Waals surface area contributed by atoms with E-state index in [1.807, 2.05) is 6.20 Å². The Morgan fingerprint density at radius 1 is 1.53 bits per heavy atom. The fourth-order valence-corrected chi connectivity index (χ4v) is 2.93. The summed E-state index contributed by atoms with van der Waals surface area (Å²) >= 11 is 1.79. The van der Waals surface area contributed by atoms with Crippen LogP contribution in [0.15, 0.2) is 17.3 Å². The molecule has 0 fully saturated rings. The van der Waals surface area contributed by atoms with Gasteiger partial charge in [-0.25, -0.2) is 0 Å². The Labute approximate surface area is 92.2 Å². The maximum atomic E-state index is 4.65. The number of rotatable bonds is 1. The summed E-state index contributed by atoms with van der Waals surface area (Å²) < 4.78 is 1.23. The van der Waals surface area contributed by atoms with Crippen LogP contribution in [0.2, 0.25) is 0 Å². The molecule has 1 unspecified atom stereocenters. The number of nitrogens with zero attached hydrogens (tertiary/aromatic N) is 2. The van der Waals surface area contributed by atoms with Gasteiger partial charge < -0.3 is 0 Å². The first-order chi connectivity index (χ1) is 7.33. The number of aromatic amines is 1. The molecule has 0 spiro atoms. The number of fused-ring (bicyclic) bond motifs is 1. The molecule has 0 amide bonds. The van der Waals surface area contributed by atoms with Gasteiger partial charge >= 0.3 is 0 Å². The maximum Gasteiger partial charge on any atom is 0.0765 e. The summed E-state index contributed by atoms with van der Waals surface area (Å²) in [6.45, 7) is 3.25. The standard InChI is InChI=1S/C11H13N3S/c1-7-2-3-8(12-5-7)10-4-9-11(15-10)6-13-14-9/h4,6-7H,2-3,5H2,1H3,(H,13,14). The number of aromatic nitrogens is 2. The Morgan fingerprint density at radius 2 is 2.47 bits per heavy atom. The number of thiophene rings is 1. The summed E-state index contributed by atoms with van der Waals surface area (Å²) in [6.07, 6.45) is 4.27. The van der Waals surface area contributed by atoms with Crippen molar-refractivity contribution in [2.75, 3.05) is 6.54 Å². The Balaban J connectivity index is 1.97. The SMILES string of the molecule is CC1CCC(c2cc3[nH]ncc3s2)=NC1. The van der Waals surface area contributed by atoms with Gasteiger partial charge in [-0.1, -0.05) is 6.92 Å². The van der Waals surface area contributed by atoms with E-state index in [-0.39, 0.29) is 0 Å². The molecule has 3 nitrogen and oxygen atoms in total. The van der Waals surface area contributed by atoms with E-state index >= 15 is 0 Å². The molecule has 0 aliphatic carbocycles. The van der Waals surface area contributed by atoms with Gasteiger partial charge in [0.1, 0.15) is 0 Å². The van der Waals surface area contributed by atoms with E-state index in [9.17, 15) is 0 Å². The minimum atomic E-state index is 0.750. The molecule has 1 aliphatic rings. The van der Waals surface area contributed by atoms with Crippen molar-refractivity contribution < 1.29 is 0 Å². The van der Waals surface area contributed by atoms with Crippen molar-refractivity contribution in [2.45, 2.75) is 19.8 Å². The molecule has 2 aromatic heterocycles. The van der Waals surface area contributed by atoms with Gasteiger partial charge in [0.25, 0.3) is 0 Å². The minimum absolute atomic E-state index is 0.750. The lowest BCUT2D eigenvalue weighted by Gasteiger charge is -2.16. The van der Waals surface area contributed by atoms with E-state index in [1.165, 1.54) is 21.7 Å². The second kappa shape index (κ2) is 3.45. The first kappa shape index (κ1) is 9.09. The van der Waals surface area contributed by atoms with Crippen molar-refractivity contribution in [2.24, 2.45) is 10.9 Å². The molecule has 3 heterocycles. The lowest BCUT2D eigenvalue weighted by Crippen LogP contribution is -2.13. The second-order valence-electron chi connectivity index (χ2n) is 4.19. The fraction of sp³-hybridized carbons (Fsp3) is 0.455. The van der Waals surface area contributed by atoms with Gasteiger partial charge in [0.05, 0.1) is 27.0 Å². The maximum absolute atomic E-state index is 4.65. The number of H-pyrrole nitrogens is 1.